The van der Waals surface area contributed by atoms with Gasteiger partial charge in [-0.05, 0) is 102 Å². The van der Waals surface area contributed by atoms with Crippen LogP contribution in [0.5, 0.6) is 11.5 Å². The highest BCUT2D eigenvalue weighted by Crippen LogP contribution is 2.38. The number of methoxy groups -OCH3 is 2. The number of carbonyl (C=O) groups excluding carboxylic acids is 5. The van der Waals surface area contributed by atoms with Crippen LogP contribution in [0, 0.1) is 29.1 Å². The van der Waals surface area contributed by atoms with Crippen molar-refractivity contribution in [2.75, 3.05) is 53.9 Å². The number of carbonyl (C=O) groups is 5. The Labute approximate surface area is 350 Å². The van der Waals surface area contributed by atoms with Crippen LogP contribution >= 0.6 is 0 Å². The highest BCUT2D eigenvalue weighted by Gasteiger charge is 2.53. The number of nitrogens with two attached hydrogens (primary N) is 1. The number of amides is 4. The normalized spacial score (nSPS) is 18.5. The zero-order valence-corrected chi connectivity index (χ0v) is 37.1. The summed E-state index contributed by atoms with van der Waals surface area (Å²) >= 11 is 0. The lowest BCUT2D eigenvalue weighted by atomic mass is 9.80. The lowest BCUT2D eigenvalue weighted by Crippen LogP contribution is -2.47. The van der Waals surface area contributed by atoms with Crippen molar-refractivity contribution in [2.24, 2.45) is 34.8 Å². The number of hydrogen-bond acceptors (Lipinski definition) is 12. The molecule has 4 N–H and O–H groups in total. The van der Waals surface area contributed by atoms with Crippen molar-refractivity contribution in [2.45, 2.75) is 124 Å². The number of alkyl carbamates (subject to hydrolysis) is 1. The fourth-order valence-corrected chi connectivity index (χ4v) is 6.77. The van der Waals surface area contributed by atoms with Crippen molar-refractivity contribution in [1.82, 2.24) is 15.5 Å². The molecular formula is C43H70N4O12. The predicted molar refractivity (Wildman–Crippen MR) is 220 cm³/mol. The van der Waals surface area contributed by atoms with Crippen LogP contribution in [0.1, 0.15) is 100.0 Å². The summed E-state index contributed by atoms with van der Waals surface area (Å²) in [6.45, 7) is 17.3. The Balaban J connectivity index is 1.78. The molecule has 16 heteroatoms. The minimum Gasteiger partial charge on any atom is -0.493 e. The molecule has 1 aromatic rings. The topological polar surface area (TPSA) is 203 Å². The van der Waals surface area contributed by atoms with Gasteiger partial charge in [-0.2, -0.15) is 0 Å². The molecule has 16 nitrogen and oxygen atoms in total. The van der Waals surface area contributed by atoms with Gasteiger partial charge in [-0.3, -0.25) is 14.5 Å². The molecule has 0 bridgehead atoms. The molecule has 1 saturated heterocycles. The van der Waals surface area contributed by atoms with Crippen LogP contribution in [0.15, 0.2) is 18.2 Å². The Hall–Kier alpha value is -4.31. The second-order valence-electron chi connectivity index (χ2n) is 18.0. The van der Waals surface area contributed by atoms with E-state index >= 15 is 0 Å². The number of benzene rings is 1. The van der Waals surface area contributed by atoms with Crippen LogP contribution in [0.2, 0.25) is 0 Å². The average Bonchev–Trinajstić information content (AvgIpc) is 3.82. The van der Waals surface area contributed by atoms with Crippen molar-refractivity contribution in [3.8, 4) is 11.5 Å². The van der Waals surface area contributed by atoms with Gasteiger partial charge in [-0.15, -0.1) is 0 Å². The second kappa shape index (κ2) is 21.8. The largest absolute Gasteiger partial charge is 0.493 e. The van der Waals surface area contributed by atoms with Crippen LogP contribution in [0.25, 0.3) is 0 Å². The zero-order valence-electron chi connectivity index (χ0n) is 37.1. The van der Waals surface area contributed by atoms with Gasteiger partial charge in [0.05, 0.1) is 31.3 Å². The Bertz CT molecular complexity index is 1570. The summed E-state index contributed by atoms with van der Waals surface area (Å²) in [4.78, 5) is 66.1. The number of hydrogen-bond donors (Lipinski definition) is 3. The Kier molecular flexibility index (Phi) is 18.1. The molecule has 0 spiro atoms. The van der Waals surface area contributed by atoms with Crippen LogP contribution in [0.3, 0.4) is 0 Å². The predicted octanol–water partition coefficient (Wildman–Crippen LogP) is 5.37. The summed E-state index contributed by atoms with van der Waals surface area (Å²) in [5, 5.41) is 5.53. The number of nitrogens with zero attached hydrogens (tertiary/aromatic N) is 1. The van der Waals surface area contributed by atoms with Gasteiger partial charge >= 0.3 is 18.2 Å². The molecule has 0 aromatic heterocycles. The molecule has 2 fully saturated rings. The van der Waals surface area contributed by atoms with Crippen LogP contribution in [0.4, 0.5) is 9.59 Å². The van der Waals surface area contributed by atoms with E-state index in [1.54, 1.807) is 48.8 Å². The van der Waals surface area contributed by atoms with Crippen LogP contribution in [-0.4, -0.2) is 112 Å². The molecule has 59 heavy (non-hydrogen) atoms. The van der Waals surface area contributed by atoms with Crippen molar-refractivity contribution >= 4 is 30.0 Å². The monoisotopic (exact) mass is 834 g/mol. The maximum absolute atomic E-state index is 13.8. The first-order valence-electron chi connectivity index (χ1n) is 20.7. The third-order valence-corrected chi connectivity index (χ3v) is 10.9. The van der Waals surface area contributed by atoms with E-state index in [9.17, 15) is 24.0 Å². The molecule has 334 valence electrons. The highest BCUT2D eigenvalue weighted by molar-refractivity contribution is 5.89. The standard InChI is InChI=1S/C43H70N4O12/c1-27(2)30(21-29-13-14-33(54-11)35(22-29)55-18-12-17-53-10)23-32-34(24-31(28(3)4)36(48)45-25-42(8,9)37(44)49)58-26-47(32)40(52)57-20-19-56-38(50)43(15-16-43)46-39(51)59-41(5,6)7/h13-14,22,27-28,30-32,34H,12,15-21,23-26H2,1-11H3,(H2,44,49)(H,45,48)(H,46,51)/t30-,31-,32-,34-/m0/s1. The third kappa shape index (κ3) is 15.0. The highest BCUT2D eigenvalue weighted by atomic mass is 16.6. The van der Waals surface area contributed by atoms with Gasteiger partial charge < -0.3 is 49.5 Å². The molecule has 1 aromatic carbocycles. The van der Waals surface area contributed by atoms with E-state index in [1.165, 1.54) is 4.90 Å². The lowest BCUT2D eigenvalue weighted by molar-refractivity contribution is -0.148. The molecule has 4 atom stereocenters. The molecule has 1 heterocycles. The van der Waals surface area contributed by atoms with E-state index in [1.807, 2.05) is 32.0 Å². The maximum Gasteiger partial charge on any atom is 0.412 e. The number of nitrogens with one attached hydrogen (secondary N) is 2. The number of esters is 1. The molecule has 0 unspecified atom stereocenters. The minimum atomic E-state index is -1.16. The van der Waals surface area contributed by atoms with E-state index in [0.29, 0.717) is 56.8 Å². The number of rotatable bonds is 23. The smallest absolute Gasteiger partial charge is 0.412 e. The average molecular weight is 835 g/mol. The first kappa shape index (κ1) is 49.1. The Morgan fingerprint density at radius 3 is 2.17 bits per heavy atom. The van der Waals surface area contributed by atoms with Gasteiger partial charge in [-0.1, -0.05) is 33.8 Å². The zero-order chi connectivity index (χ0) is 44.1. The molecule has 1 aliphatic carbocycles. The van der Waals surface area contributed by atoms with Crippen molar-refractivity contribution in [1.29, 1.82) is 0 Å². The molecule has 1 aliphatic heterocycles. The Morgan fingerprint density at radius 1 is 0.915 bits per heavy atom. The van der Waals surface area contributed by atoms with Gasteiger partial charge in [-0.25, -0.2) is 14.4 Å². The molecule has 2 aliphatic rings. The van der Waals surface area contributed by atoms with Crippen molar-refractivity contribution < 1.29 is 57.1 Å². The van der Waals surface area contributed by atoms with E-state index in [2.05, 4.69) is 24.5 Å². The first-order valence-corrected chi connectivity index (χ1v) is 20.7. The summed E-state index contributed by atoms with van der Waals surface area (Å²) < 4.78 is 39.5. The molecule has 4 amide bonds. The Morgan fingerprint density at radius 2 is 1.59 bits per heavy atom. The summed E-state index contributed by atoms with van der Waals surface area (Å²) in [5.41, 5.74) is 3.77. The fraction of sp³-hybridized carbons (Fsp3) is 0.744. The number of primary amides is 1. The van der Waals surface area contributed by atoms with Crippen LogP contribution in [-0.2, 0) is 44.5 Å². The van der Waals surface area contributed by atoms with Gasteiger partial charge in [0, 0.05) is 32.6 Å². The number of ether oxygens (including phenoxy) is 7. The quantitative estimate of drug-likeness (QED) is 0.0724. The summed E-state index contributed by atoms with van der Waals surface area (Å²) in [6, 6.07) is 5.41. The van der Waals surface area contributed by atoms with Crippen molar-refractivity contribution in [3.05, 3.63) is 23.8 Å². The van der Waals surface area contributed by atoms with E-state index in [0.717, 1.165) is 12.0 Å². The lowest BCUT2D eigenvalue weighted by Gasteiger charge is -2.33. The van der Waals surface area contributed by atoms with Gasteiger partial charge in [0.1, 0.15) is 31.1 Å². The minimum absolute atomic E-state index is 0.0603. The molecule has 1 saturated carbocycles. The van der Waals surface area contributed by atoms with Gasteiger partial charge in [0.15, 0.2) is 11.5 Å². The summed E-state index contributed by atoms with van der Waals surface area (Å²) in [7, 11) is 3.25. The summed E-state index contributed by atoms with van der Waals surface area (Å²) in [6.07, 6.45) is 1.17. The molecular weight excluding hydrogens is 764 g/mol. The fourth-order valence-electron chi connectivity index (χ4n) is 6.77. The van der Waals surface area contributed by atoms with Crippen molar-refractivity contribution in [3.63, 3.8) is 0 Å². The van der Waals surface area contributed by atoms with E-state index in [-0.39, 0.29) is 50.2 Å². The first-order chi connectivity index (χ1) is 27.6. The van der Waals surface area contributed by atoms with Gasteiger partial charge in [0.2, 0.25) is 11.8 Å². The van der Waals surface area contributed by atoms with Gasteiger partial charge in [0.25, 0.3) is 0 Å². The molecule has 0 radical (unpaired) electrons. The third-order valence-electron chi connectivity index (χ3n) is 10.9. The van der Waals surface area contributed by atoms with E-state index < -0.39 is 58.7 Å². The second-order valence-corrected chi connectivity index (χ2v) is 18.0. The summed E-state index contributed by atoms with van der Waals surface area (Å²) in [5.74, 6) is -0.457. The van der Waals surface area contributed by atoms with E-state index in [4.69, 9.17) is 38.9 Å². The van der Waals surface area contributed by atoms with Crippen LogP contribution < -0.4 is 25.8 Å². The molecule has 3 rings (SSSR count). The maximum atomic E-state index is 13.8. The SMILES string of the molecule is COCCCOc1cc(C[C@@H](C[C@H]2[C@H](C[C@H](C(=O)NCC(C)(C)C(N)=O)C(C)C)OCN2C(=O)OCCOC(=O)C2(NC(=O)OC(C)(C)C)CC2)C(C)C)ccc1OC.